The molecular formula is C17H17Cl3N2O4S. The lowest BCUT2D eigenvalue weighted by molar-refractivity contribution is -0.116. The number of benzene rings is 2. The first-order chi connectivity index (χ1) is 12.5. The summed E-state index contributed by atoms with van der Waals surface area (Å²) in [5.41, 5.74) is 0.584. The van der Waals surface area contributed by atoms with Gasteiger partial charge in [0.1, 0.15) is 11.8 Å². The number of rotatable bonds is 6. The van der Waals surface area contributed by atoms with Crippen molar-refractivity contribution >= 4 is 62.1 Å². The lowest BCUT2D eigenvalue weighted by Crippen LogP contribution is -2.45. The molecule has 2 aromatic carbocycles. The van der Waals surface area contributed by atoms with E-state index in [4.69, 9.17) is 39.5 Å². The maximum Gasteiger partial charge on any atom is 0.247 e. The summed E-state index contributed by atoms with van der Waals surface area (Å²) < 4.78 is 30.7. The Morgan fingerprint density at radius 2 is 1.70 bits per heavy atom. The third-order valence-corrected chi connectivity index (χ3v) is 5.58. The van der Waals surface area contributed by atoms with E-state index in [9.17, 15) is 13.2 Å². The van der Waals surface area contributed by atoms with Gasteiger partial charge < -0.3 is 10.1 Å². The lowest BCUT2D eigenvalue weighted by atomic mass is 10.2. The minimum Gasteiger partial charge on any atom is -0.495 e. The smallest absolute Gasteiger partial charge is 0.247 e. The largest absolute Gasteiger partial charge is 0.495 e. The van der Waals surface area contributed by atoms with Crippen molar-refractivity contribution in [1.82, 2.24) is 0 Å². The number of ether oxygens (including phenoxy) is 1. The fourth-order valence-electron chi connectivity index (χ4n) is 2.47. The van der Waals surface area contributed by atoms with Crippen LogP contribution in [0.5, 0.6) is 5.75 Å². The molecule has 0 saturated carbocycles. The van der Waals surface area contributed by atoms with Crippen molar-refractivity contribution in [3.63, 3.8) is 0 Å². The highest BCUT2D eigenvalue weighted by Crippen LogP contribution is 2.31. The average Bonchev–Trinajstić information content (AvgIpc) is 2.52. The molecule has 6 nitrogen and oxygen atoms in total. The third kappa shape index (κ3) is 5.42. The van der Waals surface area contributed by atoms with Gasteiger partial charge >= 0.3 is 0 Å². The molecule has 2 aromatic rings. The number of nitrogens with zero attached hydrogens (tertiary/aromatic N) is 1. The first-order valence-corrected chi connectivity index (χ1v) is 10.6. The summed E-state index contributed by atoms with van der Waals surface area (Å²) >= 11 is 17.9. The summed E-state index contributed by atoms with van der Waals surface area (Å²) in [6, 6.07) is 7.91. The summed E-state index contributed by atoms with van der Waals surface area (Å²) in [5.74, 6) is -0.176. The van der Waals surface area contributed by atoms with Gasteiger partial charge in [-0.05, 0) is 43.3 Å². The Kier molecular flexibility index (Phi) is 6.86. The van der Waals surface area contributed by atoms with E-state index in [2.05, 4.69) is 5.32 Å². The molecule has 1 N–H and O–H groups in total. The van der Waals surface area contributed by atoms with Crippen LogP contribution in [0, 0.1) is 0 Å². The molecule has 0 spiro atoms. The highest BCUT2D eigenvalue weighted by molar-refractivity contribution is 7.92. The molecule has 146 valence electrons. The number of anilines is 2. The monoisotopic (exact) mass is 450 g/mol. The van der Waals surface area contributed by atoms with Crippen LogP contribution in [0.2, 0.25) is 15.1 Å². The number of halogens is 3. The summed E-state index contributed by atoms with van der Waals surface area (Å²) in [7, 11) is -2.34. The number of sulfonamides is 1. The molecule has 0 aliphatic heterocycles. The molecule has 2 rings (SSSR count). The molecule has 27 heavy (non-hydrogen) atoms. The van der Waals surface area contributed by atoms with Crippen LogP contribution in [-0.4, -0.2) is 33.7 Å². The Bertz CT molecular complexity index is 946. The van der Waals surface area contributed by atoms with E-state index >= 15 is 0 Å². The average molecular weight is 452 g/mol. The molecule has 0 bridgehead atoms. The molecule has 1 atom stereocenters. The Balaban J connectivity index is 2.36. The van der Waals surface area contributed by atoms with E-state index in [1.54, 1.807) is 0 Å². The molecular weight excluding hydrogens is 435 g/mol. The van der Waals surface area contributed by atoms with Crippen molar-refractivity contribution in [2.24, 2.45) is 0 Å². The number of carbonyl (C=O) groups is 1. The van der Waals surface area contributed by atoms with E-state index < -0.39 is 22.0 Å². The second-order valence-electron chi connectivity index (χ2n) is 5.70. The lowest BCUT2D eigenvalue weighted by Gasteiger charge is -2.28. The van der Waals surface area contributed by atoms with Crippen molar-refractivity contribution in [3.8, 4) is 5.75 Å². The van der Waals surface area contributed by atoms with Crippen LogP contribution < -0.4 is 14.4 Å². The number of carbonyl (C=O) groups excluding carboxylic acids is 1. The normalized spacial score (nSPS) is 12.4. The van der Waals surface area contributed by atoms with Crippen LogP contribution in [0.25, 0.3) is 0 Å². The molecule has 0 heterocycles. The van der Waals surface area contributed by atoms with Gasteiger partial charge in [-0.15, -0.1) is 0 Å². The summed E-state index contributed by atoms with van der Waals surface area (Å²) in [6.45, 7) is 1.46. The number of nitrogens with one attached hydrogen (secondary N) is 1. The molecule has 10 heteroatoms. The first kappa shape index (κ1) is 21.6. The molecule has 0 radical (unpaired) electrons. The second kappa shape index (κ2) is 8.56. The van der Waals surface area contributed by atoms with Gasteiger partial charge in [0.15, 0.2) is 0 Å². The van der Waals surface area contributed by atoms with Crippen molar-refractivity contribution in [1.29, 1.82) is 0 Å². The summed E-state index contributed by atoms with van der Waals surface area (Å²) in [4.78, 5) is 12.6. The molecule has 0 fully saturated rings. The number of methoxy groups -OCH3 is 1. The van der Waals surface area contributed by atoms with Crippen LogP contribution in [0.3, 0.4) is 0 Å². The highest BCUT2D eigenvalue weighted by Gasteiger charge is 2.29. The maximum absolute atomic E-state index is 12.6. The third-order valence-electron chi connectivity index (χ3n) is 3.61. The van der Waals surface area contributed by atoms with Gasteiger partial charge in [-0.2, -0.15) is 0 Å². The fraction of sp³-hybridized carbons (Fsp3) is 0.235. The molecule has 1 amide bonds. The van der Waals surface area contributed by atoms with Gasteiger partial charge in [0.05, 0.1) is 24.1 Å². The van der Waals surface area contributed by atoms with Crippen molar-refractivity contribution in [3.05, 3.63) is 51.5 Å². The first-order valence-electron chi connectivity index (χ1n) is 7.63. The van der Waals surface area contributed by atoms with Crippen LogP contribution in [0.15, 0.2) is 36.4 Å². The number of hydrogen-bond donors (Lipinski definition) is 1. The van der Waals surface area contributed by atoms with Gasteiger partial charge in [0.2, 0.25) is 15.9 Å². The van der Waals surface area contributed by atoms with Gasteiger partial charge in [-0.1, -0.05) is 34.8 Å². The predicted molar refractivity (Wildman–Crippen MR) is 110 cm³/mol. The van der Waals surface area contributed by atoms with Gasteiger partial charge in [-0.3, -0.25) is 9.10 Å². The summed E-state index contributed by atoms with van der Waals surface area (Å²) in [5, 5.41) is 3.51. The zero-order valence-corrected chi connectivity index (χ0v) is 17.7. The minimum absolute atomic E-state index is 0.220. The Labute approximate surface area is 173 Å². The van der Waals surface area contributed by atoms with Gasteiger partial charge in [0, 0.05) is 15.7 Å². The van der Waals surface area contributed by atoms with Crippen molar-refractivity contribution in [2.75, 3.05) is 23.0 Å². The SMILES string of the molecule is COc1ccc(N([C@@H](C)C(=O)Nc2cc(Cl)cc(Cl)c2)S(C)(=O)=O)cc1Cl. The standard InChI is InChI=1S/C17H17Cl3N2O4S/c1-10(17(23)21-13-7-11(18)6-12(19)8-13)22(27(3,24)25)14-4-5-16(26-2)15(20)9-14/h4-10H,1-3H3,(H,21,23)/t10-/m0/s1. The van der Waals surface area contributed by atoms with Crippen LogP contribution in [0.4, 0.5) is 11.4 Å². The minimum atomic E-state index is -3.79. The summed E-state index contributed by atoms with van der Waals surface area (Å²) in [6.07, 6.45) is 1.01. The van der Waals surface area contributed by atoms with E-state index in [1.165, 1.54) is 50.4 Å². The van der Waals surface area contributed by atoms with E-state index in [1.807, 2.05) is 0 Å². The molecule has 0 aromatic heterocycles. The molecule has 0 aliphatic carbocycles. The topological polar surface area (TPSA) is 75.7 Å². The van der Waals surface area contributed by atoms with Gasteiger partial charge in [-0.25, -0.2) is 8.42 Å². The quantitative estimate of drug-likeness (QED) is 0.704. The van der Waals surface area contributed by atoms with Crippen LogP contribution >= 0.6 is 34.8 Å². The van der Waals surface area contributed by atoms with Crippen molar-refractivity contribution < 1.29 is 17.9 Å². The maximum atomic E-state index is 12.6. The highest BCUT2D eigenvalue weighted by atomic mass is 35.5. The second-order valence-corrected chi connectivity index (χ2v) is 8.84. The fourth-order valence-corrected chi connectivity index (χ4v) is 4.42. The zero-order valence-electron chi connectivity index (χ0n) is 14.7. The number of amides is 1. The zero-order chi connectivity index (χ0) is 20.4. The van der Waals surface area contributed by atoms with E-state index in [-0.39, 0.29) is 10.7 Å². The van der Waals surface area contributed by atoms with E-state index in [0.29, 0.717) is 21.5 Å². The molecule has 0 aliphatic rings. The Morgan fingerprint density at radius 1 is 1.11 bits per heavy atom. The molecule has 0 unspecified atom stereocenters. The van der Waals surface area contributed by atoms with Gasteiger partial charge in [0.25, 0.3) is 0 Å². The predicted octanol–water partition coefficient (Wildman–Crippen LogP) is 4.45. The Hall–Kier alpha value is -1.67. The number of hydrogen-bond acceptors (Lipinski definition) is 4. The van der Waals surface area contributed by atoms with Crippen LogP contribution in [-0.2, 0) is 14.8 Å². The van der Waals surface area contributed by atoms with E-state index in [0.717, 1.165) is 10.6 Å². The van der Waals surface area contributed by atoms with Crippen LogP contribution in [0.1, 0.15) is 6.92 Å². The molecule has 0 saturated heterocycles. The Morgan fingerprint density at radius 3 is 2.19 bits per heavy atom. The van der Waals surface area contributed by atoms with Crippen molar-refractivity contribution in [2.45, 2.75) is 13.0 Å².